The standard InChI is InChI=1S/C30H34F7N3O2/c1-4-27(41)40-14-23(15-40)39-8-7-25(26(16-39)24-6-5-22(31)9-17(24)2)28(42)38-13-18(3)19-10-20(29(32,33)34)12-21(11-19)30(35,36)37/h5-6,9-12,18,23,25-26H,4,7-8,13-16H2,1-3H3,(H,38,42)/t18-,25+,26-/m1/s1. The lowest BCUT2D eigenvalue weighted by Gasteiger charge is -2.49. The molecule has 2 aliphatic rings. The molecule has 0 radical (unpaired) electrons. The Morgan fingerprint density at radius 3 is 2.14 bits per heavy atom. The number of nitrogens with zero attached hydrogens (tertiary/aromatic N) is 2. The molecule has 42 heavy (non-hydrogen) atoms. The van der Waals surface area contributed by atoms with Crippen LogP contribution in [0.25, 0.3) is 0 Å². The third-order valence-corrected chi connectivity index (χ3v) is 8.41. The molecule has 3 atom stereocenters. The first-order chi connectivity index (χ1) is 19.6. The van der Waals surface area contributed by atoms with E-state index in [1.807, 2.05) is 0 Å². The van der Waals surface area contributed by atoms with E-state index >= 15 is 0 Å². The molecule has 4 rings (SSSR count). The summed E-state index contributed by atoms with van der Waals surface area (Å²) in [6.45, 7) is 7.10. The molecule has 0 saturated carbocycles. The van der Waals surface area contributed by atoms with Crippen molar-refractivity contribution in [1.82, 2.24) is 15.1 Å². The Bertz CT molecular complexity index is 1270. The molecular weight excluding hydrogens is 567 g/mol. The van der Waals surface area contributed by atoms with Gasteiger partial charge in [0.2, 0.25) is 11.8 Å². The van der Waals surface area contributed by atoms with Gasteiger partial charge in [0.15, 0.2) is 0 Å². The number of alkyl halides is 6. The summed E-state index contributed by atoms with van der Waals surface area (Å²) in [6, 6.07) is 5.95. The number of piperidine rings is 1. The van der Waals surface area contributed by atoms with Crippen LogP contribution < -0.4 is 5.32 Å². The Hall–Kier alpha value is -3.15. The number of carbonyl (C=O) groups is 2. The zero-order valence-corrected chi connectivity index (χ0v) is 23.6. The predicted octanol–water partition coefficient (Wildman–Crippen LogP) is 6.12. The van der Waals surface area contributed by atoms with E-state index in [9.17, 15) is 40.3 Å². The molecule has 2 heterocycles. The maximum atomic E-state index is 13.9. The van der Waals surface area contributed by atoms with E-state index in [2.05, 4.69) is 10.2 Å². The second kappa shape index (κ2) is 12.2. The van der Waals surface area contributed by atoms with Crippen molar-refractivity contribution in [3.63, 3.8) is 0 Å². The summed E-state index contributed by atoms with van der Waals surface area (Å²) < 4.78 is 93.9. The Morgan fingerprint density at radius 1 is 0.976 bits per heavy atom. The van der Waals surface area contributed by atoms with Crippen molar-refractivity contribution < 1.29 is 40.3 Å². The first-order valence-corrected chi connectivity index (χ1v) is 13.9. The number of hydrogen-bond acceptors (Lipinski definition) is 3. The largest absolute Gasteiger partial charge is 0.416 e. The fraction of sp³-hybridized carbons (Fsp3) is 0.533. The molecule has 0 aliphatic carbocycles. The SMILES string of the molecule is CCC(=O)N1CC(N2CC[C@H](C(=O)NC[C@@H](C)c3cc(C(F)(F)F)cc(C(F)(F)F)c3)[C@@H](c3ccc(F)cc3C)C2)C1. The van der Waals surface area contributed by atoms with E-state index in [-0.39, 0.29) is 41.9 Å². The van der Waals surface area contributed by atoms with Crippen LogP contribution in [0.5, 0.6) is 0 Å². The van der Waals surface area contributed by atoms with Gasteiger partial charge in [-0.3, -0.25) is 14.5 Å². The quantitative estimate of drug-likeness (QED) is 0.390. The summed E-state index contributed by atoms with van der Waals surface area (Å²) in [7, 11) is 0. The van der Waals surface area contributed by atoms with E-state index < -0.39 is 41.1 Å². The second-order valence-electron chi connectivity index (χ2n) is 11.3. The number of rotatable bonds is 7. The summed E-state index contributed by atoms with van der Waals surface area (Å²) >= 11 is 0. The van der Waals surface area contributed by atoms with Crippen LogP contribution in [-0.2, 0) is 21.9 Å². The topological polar surface area (TPSA) is 52.7 Å². The van der Waals surface area contributed by atoms with Gasteiger partial charge < -0.3 is 10.2 Å². The maximum absolute atomic E-state index is 13.9. The number of likely N-dealkylation sites (tertiary alicyclic amines) is 2. The van der Waals surface area contributed by atoms with Crippen LogP contribution in [0.15, 0.2) is 36.4 Å². The lowest BCUT2D eigenvalue weighted by molar-refractivity contribution is -0.143. The number of halogens is 7. The molecule has 1 N–H and O–H groups in total. The van der Waals surface area contributed by atoms with Crippen molar-refractivity contribution in [2.75, 3.05) is 32.7 Å². The summed E-state index contributed by atoms with van der Waals surface area (Å²) in [5.74, 6) is -2.40. The lowest BCUT2D eigenvalue weighted by atomic mass is 9.77. The molecule has 5 nitrogen and oxygen atoms in total. The minimum Gasteiger partial charge on any atom is -0.355 e. The number of benzene rings is 2. The van der Waals surface area contributed by atoms with Gasteiger partial charge in [0.25, 0.3) is 0 Å². The van der Waals surface area contributed by atoms with Crippen LogP contribution in [0.4, 0.5) is 30.7 Å². The predicted molar refractivity (Wildman–Crippen MR) is 142 cm³/mol. The van der Waals surface area contributed by atoms with Gasteiger partial charge in [-0.15, -0.1) is 0 Å². The van der Waals surface area contributed by atoms with Gasteiger partial charge in [0.1, 0.15) is 5.82 Å². The lowest BCUT2D eigenvalue weighted by Crippen LogP contribution is -2.63. The van der Waals surface area contributed by atoms with Crippen molar-refractivity contribution >= 4 is 11.8 Å². The summed E-state index contributed by atoms with van der Waals surface area (Å²) in [6.07, 6.45) is -9.06. The van der Waals surface area contributed by atoms with Crippen LogP contribution in [0.2, 0.25) is 0 Å². The van der Waals surface area contributed by atoms with Crippen molar-refractivity contribution in [3.05, 3.63) is 70.0 Å². The molecule has 2 aromatic carbocycles. The third kappa shape index (κ3) is 7.07. The maximum Gasteiger partial charge on any atom is 0.416 e. The Morgan fingerprint density at radius 2 is 1.60 bits per heavy atom. The molecule has 2 saturated heterocycles. The van der Waals surface area contributed by atoms with Gasteiger partial charge in [-0.1, -0.05) is 19.9 Å². The molecular formula is C30H34F7N3O2. The number of aryl methyl sites for hydroxylation is 1. The summed E-state index contributed by atoms with van der Waals surface area (Å²) in [5.41, 5.74) is -1.52. The molecule has 0 aromatic heterocycles. The average Bonchev–Trinajstić information content (AvgIpc) is 2.89. The van der Waals surface area contributed by atoms with E-state index in [1.165, 1.54) is 19.1 Å². The van der Waals surface area contributed by atoms with Gasteiger partial charge in [-0.25, -0.2) is 4.39 Å². The van der Waals surface area contributed by atoms with Crippen LogP contribution in [0.3, 0.4) is 0 Å². The van der Waals surface area contributed by atoms with Crippen molar-refractivity contribution in [1.29, 1.82) is 0 Å². The van der Waals surface area contributed by atoms with Gasteiger partial charge in [-0.2, -0.15) is 26.3 Å². The highest BCUT2D eigenvalue weighted by molar-refractivity contribution is 5.80. The van der Waals surface area contributed by atoms with Crippen LogP contribution in [0.1, 0.15) is 66.3 Å². The van der Waals surface area contributed by atoms with E-state index in [0.29, 0.717) is 56.7 Å². The molecule has 2 aromatic rings. The molecule has 2 aliphatic heterocycles. The Labute approximate surface area is 240 Å². The molecule has 0 unspecified atom stereocenters. The normalized spacial score (nSPS) is 21.1. The fourth-order valence-electron chi connectivity index (χ4n) is 5.87. The zero-order chi connectivity index (χ0) is 31.0. The Kier molecular flexibility index (Phi) is 9.25. The number of amides is 2. The van der Waals surface area contributed by atoms with Gasteiger partial charge in [-0.05, 0) is 72.8 Å². The van der Waals surface area contributed by atoms with E-state index in [0.717, 1.165) is 5.56 Å². The zero-order valence-electron chi connectivity index (χ0n) is 23.6. The summed E-state index contributed by atoms with van der Waals surface area (Å²) in [4.78, 5) is 29.5. The highest BCUT2D eigenvalue weighted by atomic mass is 19.4. The van der Waals surface area contributed by atoms with Crippen molar-refractivity contribution in [2.45, 2.75) is 63.8 Å². The molecule has 0 spiro atoms. The third-order valence-electron chi connectivity index (χ3n) is 8.41. The Balaban J connectivity index is 1.50. The second-order valence-corrected chi connectivity index (χ2v) is 11.3. The van der Waals surface area contributed by atoms with Gasteiger partial charge >= 0.3 is 12.4 Å². The smallest absolute Gasteiger partial charge is 0.355 e. The molecule has 2 fully saturated rings. The minimum atomic E-state index is -4.96. The van der Waals surface area contributed by atoms with E-state index in [1.54, 1.807) is 24.8 Å². The van der Waals surface area contributed by atoms with E-state index in [4.69, 9.17) is 0 Å². The van der Waals surface area contributed by atoms with Gasteiger partial charge in [0, 0.05) is 50.5 Å². The van der Waals surface area contributed by atoms with Crippen LogP contribution >= 0.6 is 0 Å². The average molecular weight is 602 g/mol. The summed E-state index contributed by atoms with van der Waals surface area (Å²) in [5, 5.41) is 2.75. The first-order valence-electron chi connectivity index (χ1n) is 13.9. The molecule has 2 amide bonds. The monoisotopic (exact) mass is 601 g/mol. The first kappa shape index (κ1) is 31.8. The van der Waals surface area contributed by atoms with Crippen LogP contribution in [0, 0.1) is 18.7 Å². The number of hydrogen-bond donors (Lipinski definition) is 1. The molecule has 230 valence electrons. The molecule has 0 bridgehead atoms. The van der Waals surface area contributed by atoms with Crippen LogP contribution in [-0.4, -0.2) is 60.4 Å². The highest BCUT2D eigenvalue weighted by Crippen LogP contribution is 2.39. The number of carbonyl (C=O) groups excluding carboxylic acids is 2. The fourth-order valence-corrected chi connectivity index (χ4v) is 5.87. The highest BCUT2D eigenvalue weighted by Gasteiger charge is 2.42. The van der Waals surface area contributed by atoms with Crippen molar-refractivity contribution in [3.8, 4) is 0 Å². The van der Waals surface area contributed by atoms with Crippen molar-refractivity contribution in [2.24, 2.45) is 5.92 Å². The van der Waals surface area contributed by atoms with Gasteiger partial charge in [0.05, 0.1) is 11.1 Å². The number of nitrogens with one attached hydrogen (secondary N) is 1. The molecule has 12 heteroatoms. The minimum absolute atomic E-state index is 0.0729.